The second kappa shape index (κ2) is 10.1. The molecule has 0 radical (unpaired) electrons. The van der Waals surface area contributed by atoms with Gasteiger partial charge in [0.15, 0.2) is 0 Å². The van der Waals surface area contributed by atoms with Crippen molar-refractivity contribution in [1.82, 2.24) is 9.80 Å². The Morgan fingerprint density at radius 1 is 1.30 bits per heavy atom. The van der Waals surface area contributed by atoms with Crippen LogP contribution >= 0.6 is 0 Å². The van der Waals surface area contributed by atoms with E-state index in [1.54, 1.807) is 14.2 Å². The molecule has 1 heterocycles. The number of aliphatic carboxylic acids is 1. The van der Waals surface area contributed by atoms with E-state index in [0.29, 0.717) is 12.6 Å². The molecule has 0 aromatic carbocycles. The Hall–Kier alpha value is -0.690. The lowest BCUT2D eigenvalue weighted by Gasteiger charge is -2.39. The first-order valence-corrected chi connectivity index (χ1v) is 7.33. The maximum absolute atomic E-state index is 10.7. The van der Waals surface area contributed by atoms with Crippen LogP contribution in [0.5, 0.6) is 0 Å². The minimum Gasteiger partial charge on any atom is -0.481 e. The van der Waals surface area contributed by atoms with E-state index in [1.165, 1.54) is 0 Å². The highest BCUT2D eigenvalue weighted by atomic mass is 16.5. The molecule has 1 N–H and O–H groups in total. The molecule has 1 rings (SSSR count). The van der Waals surface area contributed by atoms with E-state index >= 15 is 0 Å². The number of carboxylic acids is 1. The average molecular weight is 288 g/mol. The molecule has 0 saturated carbocycles. The van der Waals surface area contributed by atoms with E-state index in [0.717, 1.165) is 52.2 Å². The molecule has 0 amide bonds. The number of piperidine rings is 1. The Morgan fingerprint density at radius 2 is 1.95 bits per heavy atom. The normalized spacial score (nSPS) is 20.4. The zero-order valence-electron chi connectivity index (χ0n) is 12.7. The molecule has 1 atom stereocenters. The SMILES string of the molecule is COCCN(CCOC)C1CCCN(CCC(=O)O)C1. The van der Waals surface area contributed by atoms with Crippen molar-refractivity contribution in [2.45, 2.75) is 25.3 Å². The van der Waals surface area contributed by atoms with Crippen LogP contribution in [0.25, 0.3) is 0 Å². The van der Waals surface area contributed by atoms with E-state index in [4.69, 9.17) is 14.6 Å². The van der Waals surface area contributed by atoms with Gasteiger partial charge >= 0.3 is 5.97 Å². The summed E-state index contributed by atoms with van der Waals surface area (Å²) in [6, 6.07) is 0.475. The first-order chi connectivity index (χ1) is 9.67. The molecule has 1 aliphatic heterocycles. The monoisotopic (exact) mass is 288 g/mol. The summed E-state index contributed by atoms with van der Waals surface area (Å²) in [6.45, 7) is 5.83. The standard InChI is InChI=1S/C14H28N2O4/c1-19-10-8-16(9-11-20-2)13-4-3-6-15(12-13)7-5-14(17)18/h13H,3-12H2,1-2H3,(H,17,18). The summed E-state index contributed by atoms with van der Waals surface area (Å²) in [5.74, 6) is -0.720. The highest BCUT2D eigenvalue weighted by molar-refractivity contribution is 5.66. The van der Waals surface area contributed by atoms with Gasteiger partial charge in [0.1, 0.15) is 0 Å². The van der Waals surface area contributed by atoms with Gasteiger partial charge in [0.05, 0.1) is 19.6 Å². The van der Waals surface area contributed by atoms with Crippen LogP contribution in [-0.4, -0.2) is 87.1 Å². The summed E-state index contributed by atoms with van der Waals surface area (Å²) in [7, 11) is 3.43. The first-order valence-electron chi connectivity index (χ1n) is 7.33. The maximum Gasteiger partial charge on any atom is 0.304 e. The molecule has 1 aliphatic rings. The molecule has 20 heavy (non-hydrogen) atoms. The van der Waals surface area contributed by atoms with Crippen molar-refractivity contribution in [1.29, 1.82) is 0 Å². The van der Waals surface area contributed by atoms with Crippen molar-refractivity contribution in [2.75, 3.05) is 60.2 Å². The number of methoxy groups -OCH3 is 2. The zero-order valence-corrected chi connectivity index (χ0v) is 12.7. The molecule has 6 heteroatoms. The summed E-state index contributed by atoms with van der Waals surface area (Å²) >= 11 is 0. The average Bonchev–Trinajstić information content (AvgIpc) is 2.45. The number of rotatable bonds is 10. The predicted molar refractivity (Wildman–Crippen MR) is 77.0 cm³/mol. The Morgan fingerprint density at radius 3 is 2.50 bits per heavy atom. The molecule has 1 saturated heterocycles. The predicted octanol–water partition coefficient (Wildman–Crippen LogP) is 0.520. The van der Waals surface area contributed by atoms with Crippen LogP contribution < -0.4 is 0 Å². The third kappa shape index (κ3) is 6.65. The lowest BCUT2D eigenvalue weighted by molar-refractivity contribution is -0.137. The Kier molecular flexibility index (Phi) is 8.77. The summed E-state index contributed by atoms with van der Waals surface area (Å²) < 4.78 is 10.4. The van der Waals surface area contributed by atoms with E-state index in [1.807, 2.05) is 0 Å². The number of nitrogens with zero attached hydrogens (tertiary/aromatic N) is 2. The molecule has 0 aliphatic carbocycles. The second-order valence-electron chi connectivity index (χ2n) is 5.26. The van der Waals surface area contributed by atoms with Crippen molar-refractivity contribution >= 4 is 5.97 Å². The van der Waals surface area contributed by atoms with Gasteiger partial charge in [-0.3, -0.25) is 9.69 Å². The van der Waals surface area contributed by atoms with Crippen LogP contribution in [0.15, 0.2) is 0 Å². The third-order valence-electron chi connectivity index (χ3n) is 3.80. The Bertz CT molecular complexity index is 268. The highest BCUT2D eigenvalue weighted by Crippen LogP contribution is 2.16. The lowest BCUT2D eigenvalue weighted by atomic mass is 10.0. The van der Waals surface area contributed by atoms with Crippen molar-refractivity contribution < 1.29 is 19.4 Å². The van der Waals surface area contributed by atoms with E-state index in [-0.39, 0.29) is 6.42 Å². The van der Waals surface area contributed by atoms with Gasteiger partial charge in [-0.25, -0.2) is 0 Å². The Balaban J connectivity index is 2.44. The van der Waals surface area contributed by atoms with Gasteiger partial charge in [-0.15, -0.1) is 0 Å². The molecule has 118 valence electrons. The van der Waals surface area contributed by atoms with Crippen LogP contribution in [0.2, 0.25) is 0 Å². The number of carbonyl (C=O) groups is 1. The summed E-state index contributed by atoms with van der Waals surface area (Å²) in [5, 5.41) is 8.78. The minimum atomic E-state index is -0.720. The van der Waals surface area contributed by atoms with Gasteiger partial charge in [0.2, 0.25) is 0 Å². The largest absolute Gasteiger partial charge is 0.481 e. The molecule has 1 unspecified atom stereocenters. The van der Waals surface area contributed by atoms with Crippen LogP contribution in [0, 0.1) is 0 Å². The van der Waals surface area contributed by atoms with E-state index in [9.17, 15) is 4.79 Å². The molecule has 0 aromatic heterocycles. The Labute approximate surface area is 121 Å². The molecular weight excluding hydrogens is 260 g/mol. The summed E-state index contributed by atoms with van der Waals surface area (Å²) in [4.78, 5) is 15.3. The maximum atomic E-state index is 10.7. The van der Waals surface area contributed by atoms with Crippen molar-refractivity contribution in [3.63, 3.8) is 0 Å². The summed E-state index contributed by atoms with van der Waals surface area (Å²) in [5.41, 5.74) is 0. The van der Waals surface area contributed by atoms with Gasteiger partial charge in [-0.05, 0) is 19.4 Å². The minimum absolute atomic E-state index is 0.225. The number of hydrogen-bond acceptors (Lipinski definition) is 5. The molecule has 1 fully saturated rings. The van der Waals surface area contributed by atoms with Gasteiger partial charge in [-0.1, -0.05) is 0 Å². The topological polar surface area (TPSA) is 62.2 Å². The molecular formula is C14H28N2O4. The fourth-order valence-electron chi connectivity index (χ4n) is 2.68. The number of likely N-dealkylation sites (tertiary alicyclic amines) is 1. The second-order valence-corrected chi connectivity index (χ2v) is 5.26. The zero-order chi connectivity index (χ0) is 14.8. The molecule has 0 spiro atoms. The van der Waals surface area contributed by atoms with Crippen LogP contribution in [0.1, 0.15) is 19.3 Å². The fourth-order valence-corrected chi connectivity index (χ4v) is 2.68. The highest BCUT2D eigenvalue weighted by Gasteiger charge is 2.25. The third-order valence-corrected chi connectivity index (χ3v) is 3.80. The van der Waals surface area contributed by atoms with Crippen molar-refractivity contribution in [3.8, 4) is 0 Å². The first kappa shape index (κ1) is 17.4. The molecule has 0 aromatic rings. The lowest BCUT2D eigenvalue weighted by Crippen LogP contribution is -2.50. The molecule has 6 nitrogen and oxygen atoms in total. The molecule has 0 bridgehead atoms. The van der Waals surface area contributed by atoms with E-state index in [2.05, 4.69) is 9.80 Å². The van der Waals surface area contributed by atoms with Crippen molar-refractivity contribution in [3.05, 3.63) is 0 Å². The van der Waals surface area contributed by atoms with Crippen LogP contribution in [0.3, 0.4) is 0 Å². The fraction of sp³-hybridized carbons (Fsp3) is 0.929. The summed E-state index contributed by atoms with van der Waals surface area (Å²) in [6.07, 6.45) is 2.51. The van der Waals surface area contributed by atoms with Gasteiger partial charge in [-0.2, -0.15) is 0 Å². The van der Waals surface area contributed by atoms with Crippen LogP contribution in [0.4, 0.5) is 0 Å². The quantitative estimate of drug-likeness (QED) is 0.632. The van der Waals surface area contributed by atoms with Crippen molar-refractivity contribution in [2.24, 2.45) is 0 Å². The number of ether oxygens (including phenoxy) is 2. The van der Waals surface area contributed by atoms with Gasteiger partial charge in [0, 0.05) is 46.4 Å². The smallest absolute Gasteiger partial charge is 0.304 e. The number of hydrogen-bond donors (Lipinski definition) is 1. The van der Waals surface area contributed by atoms with Gasteiger partial charge < -0.3 is 19.5 Å². The number of carboxylic acid groups (broad SMARTS) is 1. The van der Waals surface area contributed by atoms with Gasteiger partial charge in [0.25, 0.3) is 0 Å². The van der Waals surface area contributed by atoms with Crippen LogP contribution in [-0.2, 0) is 14.3 Å². The van der Waals surface area contributed by atoms with E-state index < -0.39 is 5.97 Å².